The molecule has 0 heteroatoms. The predicted octanol–water partition coefficient (Wildman–Crippen LogP) is 7.43. The van der Waals surface area contributed by atoms with E-state index in [0.29, 0.717) is 0 Å². The van der Waals surface area contributed by atoms with Crippen molar-refractivity contribution < 1.29 is 0 Å². The maximum Gasteiger partial charge on any atom is -0.0329 e. The Kier molecular flexibility index (Phi) is 10.7. The van der Waals surface area contributed by atoms with E-state index in [4.69, 9.17) is 0 Å². The molecule has 0 aliphatic carbocycles. The minimum Gasteiger partial charge on any atom is -0.0654 e. The van der Waals surface area contributed by atoms with E-state index in [1.807, 2.05) is 0 Å². The summed E-state index contributed by atoms with van der Waals surface area (Å²) < 4.78 is 0. The molecule has 21 heavy (non-hydrogen) atoms. The molecule has 0 N–H and O–H groups in total. The van der Waals surface area contributed by atoms with Crippen LogP contribution in [0, 0.1) is 41.4 Å². The van der Waals surface area contributed by atoms with Gasteiger partial charge in [0.1, 0.15) is 0 Å². The van der Waals surface area contributed by atoms with E-state index in [1.165, 1.54) is 32.1 Å². The van der Waals surface area contributed by atoms with Crippen LogP contribution >= 0.6 is 0 Å². The maximum atomic E-state index is 2.52. The Bertz CT molecular complexity index is 240. The number of hydrogen-bond acceptors (Lipinski definition) is 0. The van der Waals surface area contributed by atoms with Gasteiger partial charge in [-0.3, -0.25) is 0 Å². The summed E-state index contributed by atoms with van der Waals surface area (Å²) in [5, 5.41) is 0. The van der Waals surface area contributed by atoms with Gasteiger partial charge in [-0.2, -0.15) is 0 Å². The van der Waals surface area contributed by atoms with Crippen LogP contribution in [0.2, 0.25) is 0 Å². The lowest BCUT2D eigenvalue weighted by atomic mass is 9.62. The highest BCUT2D eigenvalue weighted by molar-refractivity contribution is 4.85. The van der Waals surface area contributed by atoms with E-state index < -0.39 is 0 Å². The van der Waals surface area contributed by atoms with Crippen molar-refractivity contribution >= 4 is 0 Å². The smallest absolute Gasteiger partial charge is 0.0329 e. The van der Waals surface area contributed by atoms with Gasteiger partial charge in [0.15, 0.2) is 0 Å². The Balaban J connectivity index is 5.46. The molecule has 0 radical (unpaired) electrons. The van der Waals surface area contributed by atoms with Crippen LogP contribution in [0.1, 0.15) is 94.4 Å². The molecule has 0 heterocycles. The molecule has 0 aliphatic rings. The predicted molar refractivity (Wildman–Crippen MR) is 98.6 cm³/mol. The third-order valence-corrected chi connectivity index (χ3v) is 6.10. The SMILES string of the molecule is CCCC(C(C)C)C(CCC)C(C(C)CC)C(C)C(C)C. The average Bonchev–Trinajstić information content (AvgIpc) is 2.43. The zero-order chi connectivity index (χ0) is 16.6. The molecular formula is C21H44. The van der Waals surface area contributed by atoms with Gasteiger partial charge in [-0.25, -0.2) is 0 Å². The fourth-order valence-electron chi connectivity index (χ4n) is 4.45. The minimum absolute atomic E-state index is 0.804. The van der Waals surface area contributed by atoms with Gasteiger partial charge in [-0.05, 0) is 41.4 Å². The first-order valence-electron chi connectivity index (χ1n) is 9.81. The van der Waals surface area contributed by atoms with Crippen LogP contribution in [0.5, 0.6) is 0 Å². The van der Waals surface area contributed by atoms with Crippen LogP contribution in [-0.2, 0) is 0 Å². The van der Waals surface area contributed by atoms with Crippen LogP contribution in [0.3, 0.4) is 0 Å². The summed E-state index contributed by atoms with van der Waals surface area (Å²) in [5.74, 6) is 6.06. The molecule has 128 valence electrons. The largest absolute Gasteiger partial charge is 0.0654 e. The van der Waals surface area contributed by atoms with E-state index in [1.54, 1.807) is 0 Å². The third-order valence-electron chi connectivity index (χ3n) is 6.10. The molecule has 0 nitrogen and oxygen atoms in total. The molecule has 0 bridgehead atoms. The summed E-state index contributed by atoms with van der Waals surface area (Å²) in [5.41, 5.74) is 0. The second kappa shape index (κ2) is 10.7. The molecule has 5 atom stereocenters. The Morgan fingerprint density at radius 1 is 0.619 bits per heavy atom. The van der Waals surface area contributed by atoms with E-state index in [2.05, 4.69) is 62.3 Å². The molecule has 0 spiro atoms. The monoisotopic (exact) mass is 296 g/mol. The van der Waals surface area contributed by atoms with Crippen molar-refractivity contribution in [3.63, 3.8) is 0 Å². The molecule has 0 aromatic carbocycles. The van der Waals surface area contributed by atoms with E-state index >= 15 is 0 Å². The van der Waals surface area contributed by atoms with Gasteiger partial charge >= 0.3 is 0 Å². The standard InChI is InChI=1S/C21H44/c1-10-13-19(16(6)7)20(14-11-2)21(17(8)12-3)18(9)15(4)5/h15-21H,10-14H2,1-9H3. The quantitative estimate of drug-likeness (QED) is 0.372. The molecule has 0 aromatic rings. The highest BCUT2D eigenvalue weighted by Crippen LogP contribution is 2.44. The molecule has 5 unspecified atom stereocenters. The molecule has 0 aromatic heterocycles. The summed E-state index contributed by atoms with van der Waals surface area (Å²) in [6, 6.07) is 0. The van der Waals surface area contributed by atoms with Crippen LogP contribution in [0.25, 0.3) is 0 Å². The van der Waals surface area contributed by atoms with Gasteiger partial charge in [0.2, 0.25) is 0 Å². The molecule has 0 rings (SSSR count). The van der Waals surface area contributed by atoms with Crippen molar-refractivity contribution in [2.75, 3.05) is 0 Å². The first-order valence-corrected chi connectivity index (χ1v) is 9.81. The van der Waals surface area contributed by atoms with Gasteiger partial charge in [-0.15, -0.1) is 0 Å². The summed E-state index contributed by atoms with van der Waals surface area (Å²) in [7, 11) is 0. The van der Waals surface area contributed by atoms with Crippen molar-refractivity contribution in [1.82, 2.24) is 0 Å². The molecule has 0 amide bonds. The number of rotatable bonds is 11. The Hall–Kier alpha value is 0. The second-order valence-corrected chi connectivity index (χ2v) is 8.22. The van der Waals surface area contributed by atoms with Gasteiger partial charge in [-0.1, -0.05) is 94.4 Å². The van der Waals surface area contributed by atoms with Crippen LogP contribution < -0.4 is 0 Å². The summed E-state index contributed by atoms with van der Waals surface area (Å²) in [6.45, 7) is 21.9. The van der Waals surface area contributed by atoms with E-state index in [9.17, 15) is 0 Å². The third kappa shape index (κ3) is 6.33. The first-order chi connectivity index (χ1) is 9.81. The van der Waals surface area contributed by atoms with Crippen LogP contribution in [0.4, 0.5) is 0 Å². The molecule has 0 saturated heterocycles. The summed E-state index contributed by atoms with van der Waals surface area (Å²) >= 11 is 0. The van der Waals surface area contributed by atoms with Crippen molar-refractivity contribution in [2.45, 2.75) is 94.4 Å². The lowest BCUT2D eigenvalue weighted by Gasteiger charge is -2.43. The zero-order valence-corrected chi connectivity index (χ0v) is 16.6. The van der Waals surface area contributed by atoms with Crippen molar-refractivity contribution in [3.8, 4) is 0 Å². The van der Waals surface area contributed by atoms with Gasteiger partial charge in [0, 0.05) is 0 Å². The molecular weight excluding hydrogens is 252 g/mol. The van der Waals surface area contributed by atoms with Crippen LogP contribution in [-0.4, -0.2) is 0 Å². The topological polar surface area (TPSA) is 0 Å². The lowest BCUT2D eigenvalue weighted by molar-refractivity contribution is 0.0562. The normalized spacial score (nSPS) is 19.6. The first kappa shape index (κ1) is 21.0. The van der Waals surface area contributed by atoms with Crippen molar-refractivity contribution in [2.24, 2.45) is 41.4 Å². The zero-order valence-electron chi connectivity index (χ0n) is 16.6. The fraction of sp³-hybridized carbons (Fsp3) is 1.00. The highest BCUT2D eigenvalue weighted by Gasteiger charge is 2.36. The molecule has 0 fully saturated rings. The molecule has 0 saturated carbocycles. The van der Waals surface area contributed by atoms with E-state index in [0.717, 1.165) is 41.4 Å². The lowest BCUT2D eigenvalue weighted by Crippen LogP contribution is -2.36. The average molecular weight is 297 g/mol. The van der Waals surface area contributed by atoms with Gasteiger partial charge in [0.25, 0.3) is 0 Å². The molecule has 0 aliphatic heterocycles. The van der Waals surface area contributed by atoms with E-state index in [-0.39, 0.29) is 0 Å². The summed E-state index contributed by atoms with van der Waals surface area (Å²) in [6.07, 6.45) is 6.86. The fourth-order valence-corrected chi connectivity index (χ4v) is 4.45. The Labute approximate surface area is 136 Å². The number of hydrogen-bond donors (Lipinski definition) is 0. The maximum absolute atomic E-state index is 2.52. The van der Waals surface area contributed by atoms with Crippen molar-refractivity contribution in [3.05, 3.63) is 0 Å². The summed E-state index contributed by atoms with van der Waals surface area (Å²) in [4.78, 5) is 0. The Morgan fingerprint density at radius 2 is 1.10 bits per heavy atom. The van der Waals surface area contributed by atoms with Gasteiger partial charge < -0.3 is 0 Å². The van der Waals surface area contributed by atoms with Crippen LogP contribution in [0.15, 0.2) is 0 Å². The minimum atomic E-state index is 0.804. The van der Waals surface area contributed by atoms with Gasteiger partial charge in [0.05, 0.1) is 0 Å². The van der Waals surface area contributed by atoms with Crippen molar-refractivity contribution in [1.29, 1.82) is 0 Å². The Morgan fingerprint density at radius 3 is 1.43 bits per heavy atom. The highest BCUT2D eigenvalue weighted by atomic mass is 14.4. The second-order valence-electron chi connectivity index (χ2n) is 8.22.